The van der Waals surface area contributed by atoms with Crippen LogP contribution in [0.2, 0.25) is 0 Å². The lowest BCUT2D eigenvalue weighted by Crippen LogP contribution is -2.70. The third-order valence-corrected chi connectivity index (χ3v) is 8.00. The van der Waals surface area contributed by atoms with Crippen molar-refractivity contribution in [3.63, 3.8) is 0 Å². The predicted molar refractivity (Wildman–Crippen MR) is 123 cm³/mol. The minimum atomic E-state index is -2.90. The number of amides is 1. The van der Waals surface area contributed by atoms with Crippen LogP contribution in [-0.2, 0) is 14.4 Å². The highest BCUT2D eigenvalue weighted by Crippen LogP contribution is 2.56. The second kappa shape index (κ2) is 7.52. The molecule has 33 heavy (non-hydrogen) atoms. The first-order valence-corrected chi connectivity index (χ1v) is 11.2. The third kappa shape index (κ3) is 2.85. The van der Waals surface area contributed by atoms with Crippen LogP contribution in [0.3, 0.4) is 0 Å². The van der Waals surface area contributed by atoms with Gasteiger partial charge in [0.2, 0.25) is 5.78 Å². The number of phenolic OH excluding ortho intramolecular Hbond substituents is 1. The molecule has 1 amide bonds. The van der Waals surface area contributed by atoms with Crippen LogP contribution in [0.4, 0.5) is 0 Å². The molecule has 6 atom stereocenters. The third-order valence-electron chi connectivity index (χ3n) is 7.05. The van der Waals surface area contributed by atoms with E-state index in [9.17, 15) is 39.9 Å². The molecule has 0 spiro atoms. The maximum Gasteiger partial charge on any atom is 0.255 e. The number of rotatable bonds is 2. The molecule has 0 aromatic heterocycles. The highest BCUT2D eigenvalue weighted by molar-refractivity contribution is 14.1. The van der Waals surface area contributed by atoms with Crippen LogP contribution in [0.5, 0.6) is 5.75 Å². The average Bonchev–Trinajstić information content (AvgIpc) is 2.72. The fraction of sp³-hybridized carbons (Fsp3) is 0.409. The zero-order valence-electron chi connectivity index (χ0n) is 17.9. The number of nitrogens with zero attached hydrogens (tertiary/aromatic N) is 1. The highest BCUT2D eigenvalue weighted by Gasteiger charge is 2.68. The second-order valence-electron chi connectivity index (χ2n) is 8.90. The van der Waals surface area contributed by atoms with E-state index in [1.807, 2.05) is 22.6 Å². The summed E-state index contributed by atoms with van der Waals surface area (Å²) in [7, 11) is 2.93. The molecule has 1 aromatic carbocycles. The molecule has 10 nitrogen and oxygen atoms in total. The van der Waals surface area contributed by atoms with Crippen LogP contribution in [0.15, 0.2) is 29.0 Å². The first-order chi connectivity index (χ1) is 15.3. The van der Waals surface area contributed by atoms with Crippen molar-refractivity contribution in [3.05, 3.63) is 43.7 Å². The normalized spacial score (nSPS) is 33.7. The largest absolute Gasteiger partial charge is 0.508 e. The molecule has 1 fully saturated rings. The summed E-state index contributed by atoms with van der Waals surface area (Å²) in [6.45, 7) is 1.69. The lowest BCUT2D eigenvalue weighted by Gasteiger charge is -2.53. The maximum atomic E-state index is 13.7. The number of aromatic hydroxyl groups is 1. The Kier molecular flexibility index (Phi) is 5.39. The molecule has 176 valence electrons. The smallest absolute Gasteiger partial charge is 0.255 e. The van der Waals surface area contributed by atoms with Crippen molar-refractivity contribution in [1.29, 1.82) is 0 Å². The highest BCUT2D eigenvalue weighted by atomic mass is 127. The summed E-state index contributed by atoms with van der Waals surface area (Å²) in [4.78, 5) is 40.1. The Balaban J connectivity index is 2.08. The zero-order chi connectivity index (χ0) is 24.7. The standard InChI is InChI=1S/C22H23IN2O8/c1-6-9-7(23)4-5-8(26)11(9)16(27)12-10(6)17(28)14-15(25(2)3)18(29)13(21(24)32)20(31)22(14,33)19(12)30/h4-6,10,14-15,17,26-28,31,33H,1-3H3,(H2,24,32)/t6-,10+,14+,15-,17-,22-/m1/s1. The number of hydrogen-bond acceptors (Lipinski definition) is 9. The number of fused-ring (bicyclic) bond motifs is 3. The van der Waals surface area contributed by atoms with Gasteiger partial charge in [0.25, 0.3) is 5.91 Å². The molecule has 0 unspecified atom stereocenters. The summed E-state index contributed by atoms with van der Waals surface area (Å²) in [6, 6.07) is 1.60. The van der Waals surface area contributed by atoms with Crippen molar-refractivity contribution in [3.8, 4) is 5.75 Å². The first-order valence-electron chi connectivity index (χ1n) is 10.1. The van der Waals surface area contributed by atoms with Crippen molar-refractivity contribution < 1.29 is 39.9 Å². The van der Waals surface area contributed by atoms with E-state index in [1.54, 1.807) is 13.0 Å². The number of carbonyl (C=O) groups excluding carboxylic acids is 3. The van der Waals surface area contributed by atoms with Gasteiger partial charge in [-0.2, -0.15) is 0 Å². The molecular formula is C22H23IN2O8. The van der Waals surface area contributed by atoms with Gasteiger partial charge in [-0.1, -0.05) is 6.92 Å². The topological polar surface area (TPSA) is 182 Å². The quantitative estimate of drug-likeness (QED) is 0.212. The second-order valence-corrected chi connectivity index (χ2v) is 10.1. The van der Waals surface area contributed by atoms with Crippen molar-refractivity contribution in [2.24, 2.45) is 17.6 Å². The first kappa shape index (κ1) is 23.7. The van der Waals surface area contributed by atoms with Gasteiger partial charge < -0.3 is 31.3 Å². The van der Waals surface area contributed by atoms with Gasteiger partial charge in [0.15, 0.2) is 11.4 Å². The van der Waals surface area contributed by atoms with Gasteiger partial charge in [-0.05, 0) is 60.3 Å². The SMILES string of the molecule is C[C@@H]1c2c(I)ccc(O)c2C(O)=C2C(=O)[C@@]3(O)C(O)=C(C(N)=O)C(=O)[C@H](N(C)C)[C@H]3[C@H](O)[C@H]21. The number of carbonyl (C=O) groups is 3. The minimum absolute atomic E-state index is 0.0158. The summed E-state index contributed by atoms with van der Waals surface area (Å²) < 4.78 is 0.668. The molecule has 11 heteroatoms. The van der Waals surface area contributed by atoms with Crippen molar-refractivity contribution in [2.45, 2.75) is 30.6 Å². The van der Waals surface area contributed by atoms with Gasteiger partial charge >= 0.3 is 0 Å². The van der Waals surface area contributed by atoms with Crippen molar-refractivity contribution >= 4 is 45.8 Å². The summed E-state index contributed by atoms with van der Waals surface area (Å²) in [5.74, 6) is -8.89. The van der Waals surface area contributed by atoms with E-state index >= 15 is 0 Å². The average molecular weight is 570 g/mol. The molecule has 7 N–H and O–H groups in total. The van der Waals surface area contributed by atoms with Crippen molar-refractivity contribution in [1.82, 2.24) is 4.90 Å². The van der Waals surface area contributed by atoms with Gasteiger partial charge in [0.05, 0.1) is 23.6 Å². The van der Waals surface area contributed by atoms with Gasteiger partial charge in [0.1, 0.15) is 22.8 Å². The van der Waals surface area contributed by atoms with Gasteiger partial charge in [0, 0.05) is 15.1 Å². The molecule has 3 aliphatic carbocycles. The van der Waals surface area contributed by atoms with Crippen LogP contribution in [0.1, 0.15) is 24.0 Å². The van der Waals surface area contributed by atoms with Gasteiger partial charge in [-0.3, -0.25) is 19.3 Å². The monoisotopic (exact) mass is 570 g/mol. The number of hydrogen-bond donors (Lipinski definition) is 6. The number of benzene rings is 1. The number of halogens is 1. The van der Waals surface area contributed by atoms with E-state index in [0.717, 1.165) is 0 Å². The molecule has 1 saturated carbocycles. The summed E-state index contributed by atoms with van der Waals surface area (Å²) in [6.07, 6.45) is -1.60. The number of aliphatic hydroxyl groups is 4. The number of nitrogens with two attached hydrogens (primary N) is 1. The number of Topliss-reactive ketones (excluding diaryl/α,β-unsaturated/α-hetero) is 2. The van der Waals surface area contributed by atoms with Gasteiger partial charge in [-0.25, -0.2) is 0 Å². The van der Waals surface area contributed by atoms with E-state index < -0.39 is 75.6 Å². The van der Waals surface area contributed by atoms with Crippen LogP contribution in [0, 0.1) is 15.4 Å². The Morgan fingerprint density at radius 1 is 1.18 bits per heavy atom. The maximum absolute atomic E-state index is 13.7. The molecule has 3 aliphatic rings. The predicted octanol–water partition coefficient (Wildman–Crippen LogP) is 0.100. The van der Waals surface area contributed by atoms with E-state index in [4.69, 9.17) is 5.73 Å². The number of ketones is 2. The molecule has 0 radical (unpaired) electrons. The number of likely N-dealkylation sites (N-methyl/N-ethyl adjacent to an activating group) is 1. The number of primary amides is 1. The van der Waals surface area contributed by atoms with E-state index in [0.29, 0.717) is 9.13 Å². The molecule has 4 rings (SSSR count). The Morgan fingerprint density at radius 2 is 1.79 bits per heavy atom. The lowest BCUT2D eigenvalue weighted by molar-refractivity contribution is -0.169. The summed E-state index contributed by atoms with van der Waals surface area (Å²) in [5.41, 5.74) is 1.52. The fourth-order valence-corrected chi connectivity index (χ4v) is 6.58. The molecule has 0 saturated heterocycles. The van der Waals surface area contributed by atoms with E-state index in [-0.39, 0.29) is 11.3 Å². The molecular weight excluding hydrogens is 547 g/mol. The van der Waals surface area contributed by atoms with Crippen LogP contribution < -0.4 is 5.73 Å². The van der Waals surface area contributed by atoms with Crippen molar-refractivity contribution in [2.75, 3.05) is 14.1 Å². The van der Waals surface area contributed by atoms with Crippen LogP contribution in [0.25, 0.3) is 5.76 Å². The molecule has 0 bridgehead atoms. The lowest BCUT2D eigenvalue weighted by atomic mass is 9.54. The molecule has 0 heterocycles. The summed E-state index contributed by atoms with van der Waals surface area (Å²) >= 11 is 2.01. The molecule has 0 aliphatic heterocycles. The van der Waals surface area contributed by atoms with E-state index in [1.165, 1.54) is 25.1 Å². The Hall–Kier alpha value is -2.48. The minimum Gasteiger partial charge on any atom is -0.508 e. The van der Waals surface area contributed by atoms with Crippen LogP contribution in [-0.4, -0.2) is 79.7 Å². The molecule has 1 aromatic rings. The fourth-order valence-electron chi connectivity index (χ4n) is 5.64. The zero-order valence-corrected chi connectivity index (χ0v) is 20.1. The van der Waals surface area contributed by atoms with Gasteiger partial charge in [-0.15, -0.1) is 0 Å². The number of phenols is 1. The Morgan fingerprint density at radius 3 is 2.33 bits per heavy atom. The van der Waals surface area contributed by atoms with Crippen LogP contribution >= 0.6 is 22.6 Å². The van der Waals surface area contributed by atoms with E-state index in [2.05, 4.69) is 0 Å². The summed E-state index contributed by atoms with van der Waals surface area (Å²) in [5, 5.41) is 55.3. The Bertz CT molecular complexity index is 1190. The Labute approximate surface area is 202 Å². The number of aliphatic hydroxyl groups excluding tert-OH is 3.